The molecule has 1 aliphatic rings. The summed E-state index contributed by atoms with van der Waals surface area (Å²) in [5, 5.41) is 7.34. The van der Waals surface area contributed by atoms with Crippen LogP contribution in [0.4, 0.5) is 9.52 Å². The second-order valence-corrected chi connectivity index (χ2v) is 6.28. The van der Waals surface area contributed by atoms with Crippen LogP contribution in [0, 0.1) is 5.82 Å². The van der Waals surface area contributed by atoms with E-state index in [1.165, 1.54) is 30.4 Å². The fourth-order valence-corrected chi connectivity index (χ4v) is 3.25. The molecule has 2 heterocycles. The number of thiazole rings is 1. The van der Waals surface area contributed by atoms with Crippen molar-refractivity contribution in [1.29, 1.82) is 0 Å². The van der Waals surface area contributed by atoms with Gasteiger partial charge in [-0.1, -0.05) is 0 Å². The molecule has 1 aromatic carbocycles. The van der Waals surface area contributed by atoms with Gasteiger partial charge >= 0.3 is 0 Å². The largest absolute Gasteiger partial charge is 0.493 e. The van der Waals surface area contributed by atoms with Crippen molar-refractivity contribution in [3.63, 3.8) is 0 Å². The molecule has 126 valence electrons. The average molecular weight is 349 g/mol. The number of hydrogen-bond acceptors (Lipinski definition) is 5. The molecule has 6 nitrogen and oxygen atoms in total. The van der Waals surface area contributed by atoms with Crippen LogP contribution in [0.2, 0.25) is 0 Å². The fourth-order valence-electron chi connectivity index (χ4n) is 2.52. The number of rotatable bonds is 3. The van der Waals surface area contributed by atoms with Crippen LogP contribution >= 0.6 is 11.3 Å². The van der Waals surface area contributed by atoms with Crippen LogP contribution in [-0.4, -0.2) is 23.4 Å². The Bertz CT molecular complexity index is 778. The van der Waals surface area contributed by atoms with Crippen molar-refractivity contribution in [3.8, 4) is 5.75 Å². The summed E-state index contributed by atoms with van der Waals surface area (Å²) >= 11 is 1.17. The average Bonchev–Trinajstić information content (AvgIpc) is 2.90. The van der Waals surface area contributed by atoms with Crippen LogP contribution in [0.5, 0.6) is 5.75 Å². The third-order valence-corrected chi connectivity index (χ3v) is 4.32. The van der Waals surface area contributed by atoms with Gasteiger partial charge in [0.15, 0.2) is 5.13 Å². The first-order valence-electron chi connectivity index (χ1n) is 7.49. The van der Waals surface area contributed by atoms with Gasteiger partial charge in [-0.25, -0.2) is 9.37 Å². The van der Waals surface area contributed by atoms with Crippen molar-refractivity contribution in [2.24, 2.45) is 0 Å². The standard InChI is InChI=1S/C16H16FN3O3S/c1-9(21)18-16-20-13(8-24-16)15(22)19-12-3-2-6-23-14-5-4-10(17)7-11(12)14/h4-5,7-8,12H,2-3,6H2,1H3,(H,19,22)(H,18,20,21). The van der Waals surface area contributed by atoms with Crippen molar-refractivity contribution in [1.82, 2.24) is 10.3 Å². The van der Waals surface area contributed by atoms with E-state index in [1.807, 2.05) is 0 Å². The first-order valence-corrected chi connectivity index (χ1v) is 8.37. The number of ether oxygens (including phenoxy) is 1. The normalized spacial score (nSPS) is 16.5. The first kappa shape index (κ1) is 16.4. The predicted molar refractivity (Wildman–Crippen MR) is 87.8 cm³/mol. The van der Waals surface area contributed by atoms with Crippen molar-refractivity contribution < 1.29 is 18.7 Å². The van der Waals surface area contributed by atoms with Gasteiger partial charge in [0.1, 0.15) is 17.3 Å². The lowest BCUT2D eigenvalue weighted by Gasteiger charge is -2.17. The summed E-state index contributed by atoms with van der Waals surface area (Å²) in [6.45, 7) is 1.90. The number of hydrogen-bond donors (Lipinski definition) is 2. The fraction of sp³-hybridized carbons (Fsp3) is 0.312. The lowest BCUT2D eigenvalue weighted by atomic mass is 10.0. The molecular formula is C16H16FN3O3S. The number of halogens is 1. The number of aromatic nitrogens is 1. The molecule has 0 fully saturated rings. The molecular weight excluding hydrogens is 333 g/mol. The highest BCUT2D eigenvalue weighted by Gasteiger charge is 2.23. The first-order chi connectivity index (χ1) is 11.5. The minimum absolute atomic E-state index is 0.215. The summed E-state index contributed by atoms with van der Waals surface area (Å²) in [5.74, 6) is -0.414. The molecule has 1 atom stereocenters. The molecule has 8 heteroatoms. The molecule has 24 heavy (non-hydrogen) atoms. The smallest absolute Gasteiger partial charge is 0.271 e. The zero-order valence-electron chi connectivity index (χ0n) is 13.0. The van der Waals surface area contributed by atoms with Crippen LogP contribution in [0.25, 0.3) is 0 Å². The van der Waals surface area contributed by atoms with E-state index < -0.39 is 0 Å². The van der Waals surface area contributed by atoms with E-state index >= 15 is 0 Å². The van der Waals surface area contributed by atoms with E-state index in [0.29, 0.717) is 29.5 Å². The monoisotopic (exact) mass is 349 g/mol. The van der Waals surface area contributed by atoms with Gasteiger partial charge in [0.05, 0.1) is 12.6 Å². The Morgan fingerprint density at radius 2 is 2.25 bits per heavy atom. The summed E-state index contributed by atoms with van der Waals surface area (Å²) in [6, 6.07) is 3.95. The number of anilines is 1. The third kappa shape index (κ3) is 3.70. The lowest BCUT2D eigenvalue weighted by molar-refractivity contribution is -0.114. The molecule has 0 saturated heterocycles. The van der Waals surface area contributed by atoms with E-state index in [0.717, 1.165) is 6.42 Å². The van der Waals surface area contributed by atoms with E-state index in [-0.39, 0.29) is 29.4 Å². The summed E-state index contributed by atoms with van der Waals surface area (Å²) < 4.78 is 19.2. The van der Waals surface area contributed by atoms with Gasteiger partial charge in [-0.05, 0) is 31.0 Å². The highest BCUT2D eigenvalue weighted by atomic mass is 32.1. The molecule has 0 spiro atoms. The maximum absolute atomic E-state index is 13.6. The Morgan fingerprint density at radius 3 is 3.04 bits per heavy atom. The molecule has 0 bridgehead atoms. The topological polar surface area (TPSA) is 80.3 Å². The number of carbonyl (C=O) groups excluding carboxylic acids is 2. The maximum Gasteiger partial charge on any atom is 0.271 e. The van der Waals surface area contributed by atoms with E-state index in [1.54, 1.807) is 11.4 Å². The maximum atomic E-state index is 13.6. The molecule has 2 N–H and O–H groups in total. The molecule has 0 aliphatic carbocycles. The molecule has 1 aliphatic heterocycles. The number of amides is 2. The predicted octanol–water partition coefficient (Wildman–Crippen LogP) is 2.88. The zero-order valence-corrected chi connectivity index (χ0v) is 13.8. The summed E-state index contributed by atoms with van der Waals surface area (Å²) in [7, 11) is 0. The molecule has 2 aromatic rings. The van der Waals surface area contributed by atoms with Gasteiger partial charge in [0.2, 0.25) is 5.91 Å². The Morgan fingerprint density at radius 1 is 1.42 bits per heavy atom. The van der Waals surface area contributed by atoms with E-state index in [9.17, 15) is 14.0 Å². The van der Waals surface area contributed by atoms with Crippen molar-refractivity contribution in [2.75, 3.05) is 11.9 Å². The van der Waals surface area contributed by atoms with Crippen molar-refractivity contribution >= 4 is 28.3 Å². The number of benzene rings is 1. The Kier molecular flexibility index (Phi) is 4.75. The number of carbonyl (C=O) groups is 2. The van der Waals surface area contributed by atoms with Gasteiger partial charge in [0, 0.05) is 17.9 Å². The SMILES string of the molecule is CC(=O)Nc1nc(C(=O)NC2CCCOc3ccc(F)cc32)cs1. The van der Waals surface area contributed by atoms with Gasteiger partial charge < -0.3 is 15.4 Å². The summed E-state index contributed by atoms with van der Waals surface area (Å²) in [5.41, 5.74) is 0.838. The molecule has 3 rings (SSSR count). The van der Waals surface area contributed by atoms with Gasteiger partial charge in [0.25, 0.3) is 5.91 Å². The summed E-state index contributed by atoms with van der Waals surface area (Å²) in [4.78, 5) is 27.5. The van der Waals surface area contributed by atoms with Crippen LogP contribution in [0.15, 0.2) is 23.6 Å². The third-order valence-electron chi connectivity index (χ3n) is 3.57. The molecule has 2 amide bonds. The van der Waals surface area contributed by atoms with Crippen molar-refractivity contribution in [2.45, 2.75) is 25.8 Å². The molecule has 1 unspecified atom stereocenters. The Labute approximate surface area is 142 Å². The molecule has 0 saturated carbocycles. The second kappa shape index (κ2) is 6.96. The number of fused-ring (bicyclic) bond motifs is 1. The number of nitrogens with one attached hydrogen (secondary N) is 2. The lowest BCUT2D eigenvalue weighted by Crippen LogP contribution is -2.28. The van der Waals surface area contributed by atoms with E-state index in [4.69, 9.17) is 4.74 Å². The second-order valence-electron chi connectivity index (χ2n) is 5.42. The number of nitrogens with zero attached hydrogens (tertiary/aromatic N) is 1. The molecule has 0 radical (unpaired) electrons. The van der Waals surface area contributed by atoms with Crippen LogP contribution in [0.3, 0.4) is 0 Å². The van der Waals surface area contributed by atoms with Crippen LogP contribution in [-0.2, 0) is 4.79 Å². The van der Waals surface area contributed by atoms with E-state index in [2.05, 4.69) is 15.6 Å². The van der Waals surface area contributed by atoms with Gasteiger partial charge in [-0.3, -0.25) is 9.59 Å². The zero-order chi connectivity index (χ0) is 17.1. The minimum atomic E-state index is -0.375. The van der Waals surface area contributed by atoms with Crippen LogP contribution in [0.1, 0.15) is 41.9 Å². The summed E-state index contributed by atoms with van der Waals surface area (Å²) in [6.07, 6.45) is 1.39. The van der Waals surface area contributed by atoms with Gasteiger partial charge in [-0.2, -0.15) is 0 Å². The van der Waals surface area contributed by atoms with Gasteiger partial charge in [-0.15, -0.1) is 11.3 Å². The highest BCUT2D eigenvalue weighted by Crippen LogP contribution is 2.32. The minimum Gasteiger partial charge on any atom is -0.493 e. The highest BCUT2D eigenvalue weighted by molar-refractivity contribution is 7.14. The quantitative estimate of drug-likeness (QED) is 0.893. The Balaban J connectivity index is 1.78. The molecule has 1 aromatic heterocycles. The Hall–Kier alpha value is -2.48. The van der Waals surface area contributed by atoms with Crippen molar-refractivity contribution in [3.05, 3.63) is 40.7 Å². The van der Waals surface area contributed by atoms with Crippen LogP contribution < -0.4 is 15.4 Å².